The number of benzene rings is 1. The molecule has 0 amide bonds. The molecule has 0 fully saturated rings. The fraction of sp³-hybridized carbons (Fsp3) is 0.214. The first-order chi connectivity index (χ1) is 9.52. The molecule has 2 N–H and O–H groups in total. The number of hydrogen-bond acceptors (Lipinski definition) is 5. The molecule has 0 saturated heterocycles. The van der Waals surface area contributed by atoms with Crippen molar-refractivity contribution < 1.29 is 9.53 Å². The van der Waals surface area contributed by atoms with Crippen LogP contribution in [0.5, 0.6) is 0 Å². The maximum atomic E-state index is 11.8. The highest BCUT2D eigenvalue weighted by atomic mass is 79.9. The van der Waals surface area contributed by atoms with Gasteiger partial charge < -0.3 is 10.5 Å². The number of carbonyl (C=O) groups is 1. The SMILES string of the molecule is CCOC(=O)c1c(C)nc(-c2ccc(Br)cc2)nc1N. The monoisotopic (exact) mass is 335 g/mol. The first-order valence-electron chi connectivity index (χ1n) is 6.10. The third-order valence-corrected chi connectivity index (χ3v) is 3.23. The van der Waals surface area contributed by atoms with Crippen molar-refractivity contribution in [3.63, 3.8) is 0 Å². The fourth-order valence-corrected chi connectivity index (χ4v) is 2.04. The van der Waals surface area contributed by atoms with E-state index in [0.29, 0.717) is 11.5 Å². The van der Waals surface area contributed by atoms with Crippen molar-refractivity contribution in [1.29, 1.82) is 0 Å². The molecule has 20 heavy (non-hydrogen) atoms. The van der Waals surface area contributed by atoms with Crippen molar-refractivity contribution >= 4 is 27.7 Å². The van der Waals surface area contributed by atoms with Crippen LogP contribution in [0.2, 0.25) is 0 Å². The number of halogens is 1. The second-order valence-electron chi connectivity index (χ2n) is 4.12. The average molecular weight is 336 g/mol. The van der Waals surface area contributed by atoms with E-state index in [-0.39, 0.29) is 18.0 Å². The van der Waals surface area contributed by atoms with E-state index in [1.807, 2.05) is 24.3 Å². The lowest BCUT2D eigenvalue weighted by atomic mass is 10.1. The summed E-state index contributed by atoms with van der Waals surface area (Å²) in [5.41, 5.74) is 7.43. The molecule has 5 nitrogen and oxygen atoms in total. The van der Waals surface area contributed by atoms with Crippen LogP contribution in [0.15, 0.2) is 28.7 Å². The first-order valence-corrected chi connectivity index (χ1v) is 6.89. The predicted molar refractivity (Wildman–Crippen MR) is 80.3 cm³/mol. The van der Waals surface area contributed by atoms with Crippen LogP contribution in [0, 0.1) is 6.92 Å². The molecule has 1 aromatic heterocycles. The van der Waals surface area contributed by atoms with Gasteiger partial charge in [-0.1, -0.05) is 28.1 Å². The molecule has 0 spiro atoms. The average Bonchev–Trinajstić information content (AvgIpc) is 2.39. The molecule has 104 valence electrons. The van der Waals surface area contributed by atoms with Crippen LogP contribution in [-0.2, 0) is 4.74 Å². The van der Waals surface area contributed by atoms with Gasteiger partial charge >= 0.3 is 5.97 Å². The van der Waals surface area contributed by atoms with E-state index in [1.165, 1.54) is 0 Å². The van der Waals surface area contributed by atoms with Crippen LogP contribution in [0.1, 0.15) is 23.0 Å². The molecule has 2 aromatic rings. The minimum absolute atomic E-state index is 0.133. The summed E-state index contributed by atoms with van der Waals surface area (Å²) in [6.45, 7) is 3.74. The summed E-state index contributed by atoms with van der Waals surface area (Å²) >= 11 is 3.37. The number of aromatic nitrogens is 2. The van der Waals surface area contributed by atoms with Gasteiger partial charge in [-0.2, -0.15) is 0 Å². The Morgan fingerprint density at radius 1 is 1.30 bits per heavy atom. The van der Waals surface area contributed by atoms with Gasteiger partial charge in [0, 0.05) is 10.0 Å². The molecule has 0 aliphatic heterocycles. The highest BCUT2D eigenvalue weighted by Crippen LogP contribution is 2.22. The molecule has 1 heterocycles. The van der Waals surface area contributed by atoms with E-state index in [2.05, 4.69) is 25.9 Å². The Labute approximate surface area is 125 Å². The van der Waals surface area contributed by atoms with E-state index in [0.717, 1.165) is 10.0 Å². The van der Waals surface area contributed by atoms with E-state index in [1.54, 1.807) is 13.8 Å². The van der Waals surface area contributed by atoms with Crippen LogP contribution in [0.3, 0.4) is 0 Å². The zero-order valence-electron chi connectivity index (χ0n) is 11.2. The third kappa shape index (κ3) is 2.96. The number of ether oxygens (including phenoxy) is 1. The van der Waals surface area contributed by atoms with E-state index in [9.17, 15) is 4.79 Å². The lowest BCUT2D eigenvalue weighted by Gasteiger charge is -2.09. The highest BCUT2D eigenvalue weighted by Gasteiger charge is 2.18. The number of anilines is 1. The minimum Gasteiger partial charge on any atom is -0.462 e. The largest absolute Gasteiger partial charge is 0.462 e. The smallest absolute Gasteiger partial charge is 0.343 e. The molecule has 0 radical (unpaired) electrons. The summed E-state index contributed by atoms with van der Waals surface area (Å²) in [6.07, 6.45) is 0. The van der Waals surface area contributed by atoms with Gasteiger partial charge in [-0.25, -0.2) is 14.8 Å². The van der Waals surface area contributed by atoms with Gasteiger partial charge in [0.2, 0.25) is 0 Å². The first kappa shape index (κ1) is 14.5. The van der Waals surface area contributed by atoms with Crippen molar-refractivity contribution in [2.24, 2.45) is 0 Å². The number of hydrogen-bond donors (Lipinski definition) is 1. The van der Waals surface area contributed by atoms with Crippen molar-refractivity contribution in [1.82, 2.24) is 9.97 Å². The van der Waals surface area contributed by atoms with Gasteiger partial charge in [0.1, 0.15) is 11.4 Å². The summed E-state index contributed by atoms with van der Waals surface area (Å²) in [4.78, 5) is 20.3. The van der Waals surface area contributed by atoms with Gasteiger partial charge in [0.15, 0.2) is 5.82 Å². The fourth-order valence-electron chi connectivity index (χ4n) is 1.78. The molecular weight excluding hydrogens is 322 g/mol. The summed E-state index contributed by atoms with van der Waals surface area (Å²) < 4.78 is 5.91. The van der Waals surface area contributed by atoms with Gasteiger partial charge in [0.05, 0.1) is 12.3 Å². The molecule has 0 aliphatic carbocycles. The Morgan fingerprint density at radius 2 is 1.95 bits per heavy atom. The number of aryl methyl sites for hydroxylation is 1. The summed E-state index contributed by atoms with van der Waals surface area (Å²) in [6, 6.07) is 7.54. The van der Waals surface area contributed by atoms with Gasteiger partial charge in [-0.3, -0.25) is 0 Å². The number of nitrogen functional groups attached to an aromatic ring is 1. The summed E-state index contributed by atoms with van der Waals surface area (Å²) in [7, 11) is 0. The van der Waals surface area contributed by atoms with Crippen molar-refractivity contribution in [3.05, 3.63) is 40.0 Å². The lowest BCUT2D eigenvalue weighted by Crippen LogP contribution is -2.13. The zero-order chi connectivity index (χ0) is 14.7. The van der Waals surface area contributed by atoms with Crippen molar-refractivity contribution in [2.45, 2.75) is 13.8 Å². The molecule has 0 saturated carbocycles. The highest BCUT2D eigenvalue weighted by molar-refractivity contribution is 9.10. The van der Waals surface area contributed by atoms with Crippen molar-refractivity contribution in [2.75, 3.05) is 12.3 Å². The number of rotatable bonds is 3. The maximum Gasteiger partial charge on any atom is 0.343 e. The zero-order valence-corrected chi connectivity index (χ0v) is 12.8. The number of nitrogens with zero attached hydrogens (tertiary/aromatic N) is 2. The molecule has 0 aliphatic rings. The standard InChI is InChI=1S/C14H14BrN3O2/c1-3-20-14(19)11-8(2)17-13(18-12(11)16)9-4-6-10(15)7-5-9/h4-7H,3H2,1-2H3,(H2,16,17,18). The topological polar surface area (TPSA) is 78.1 Å². The Kier molecular flexibility index (Phi) is 4.34. The molecule has 0 unspecified atom stereocenters. The Bertz CT molecular complexity index is 618. The molecule has 0 bridgehead atoms. The number of esters is 1. The normalized spacial score (nSPS) is 10.3. The van der Waals surface area contributed by atoms with Gasteiger partial charge in [0.25, 0.3) is 0 Å². The molecule has 0 atom stereocenters. The van der Waals surface area contributed by atoms with Gasteiger partial charge in [-0.15, -0.1) is 0 Å². The Balaban J connectivity index is 2.44. The van der Waals surface area contributed by atoms with E-state index in [4.69, 9.17) is 10.5 Å². The number of carbonyl (C=O) groups excluding carboxylic acids is 1. The summed E-state index contributed by atoms with van der Waals surface area (Å²) in [5.74, 6) is 0.124. The second-order valence-corrected chi connectivity index (χ2v) is 5.04. The third-order valence-electron chi connectivity index (χ3n) is 2.70. The molecule has 2 rings (SSSR count). The molecule has 1 aromatic carbocycles. The van der Waals surface area contributed by atoms with Crippen LogP contribution in [0.25, 0.3) is 11.4 Å². The quantitative estimate of drug-likeness (QED) is 0.872. The Hall–Kier alpha value is -1.95. The lowest BCUT2D eigenvalue weighted by molar-refractivity contribution is 0.0526. The van der Waals surface area contributed by atoms with Crippen LogP contribution >= 0.6 is 15.9 Å². The Morgan fingerprint density at radius 3 is 2.50 bits per heavy atom. The van der Waals surface area contributed by atoms with E-state index >= 15 is 0 Å². The van der Waals surface area contributed by atoms with Crippen molar-refractivity contribution in [3.8, 4) is 11.4 Å². The van der Waals surface area contributed by atoms with Crippen LogP contribution in [0.4, 0.5) is 5.82 Å². The van der Waals surface area contributed by atoms with Crippen LogP contribution < -0.4 is 5.73 Å². The molecular formula is C14H14BrN3O2. The van der Waals surface area contributed by atoms with Gasteiger partial charge in [-0.05, 0) is 26.0 Å². The maximum absolute atomic E-state index is 11.8. The number of nitrogens with two attached hydrogens (primary N) is 1. The summed E-state index contributed by atoms with van der Waals surface area (Å²) in [5, 5.41) is 0. The predicted octanol–water partition coefficient (Wildman–Crippen LogP) is 2.97. The second kappa shape index (κ2) is 6.00. The molecule has 6 heteroatoms. The van der Waals surface area contributed by atoms with E-state index < -0.39 is 5.97 Å². The minimum atomic E-state index is -0.496. The van der Waals surface area contributed by atoms with Crippen LogP contribution in [-0.4, -0.2) is 22.5 Å².